The van der Waals surface area contributed by atoms with E-state index in [2.05, 4.69) is 75.8 Å². The maximum absolute atomic E-state index is 10.4. The molecule has 0 rings (SSSR count). The predicted octanol–water partition coefficient (Wildman–Crippen LogP) is 12.1. The SMILES string of the molecule is CC.CC(=O)Cl.CCCC/C=C/CCCC.CCCC/C=C/CCCCO.CCCC/C=C/CCCCOC(C)=O. The van der Waals surface area contributed by atoms with E-state index >= 15 is 0 Å². The van der Waals surface area contributed by atoms with Crippen molar-refractivity contribution in [3.63, 3.8) is 0 Å². The lowest BCUT2D eigenvalue weighted by Gasteiger charge is -1.99. The first-order valence-electron chi connectivity index (χ1n) is 16.7. The molecule has 41 heavy (non-hydrogen) atoms. The van der Waals surface area contributed by atoms with Crippen molar-refractivity contribution in [2.24, 2.45) is 0 Å². The molecule has 0 radical (unpaired) electrons. The van der Waals surface area contributed by atoms with E-state index in [1.165, 1.54) is 90.9 Å². The van der Waals surface area contributed by atoms with E-state index in [9.17, 15) is 9.59 Å². The number of allylic oxidation sites excluding steroid dienone is 6. The van der Waals surface area contributed by atoms with Crippen LogP contribution in [0.15, 0.2) is 36.5 Å². The number of ether oxygens (including phenoxy) is 1. The quantitative estimate of drug-likeness (QED) is 0.0614. The Morgan fingerprint density at radius 1 is 0.561 bits per heavy atom. The first-order valence-corrected chi connectivity index (χ1v) is 17.1. The maximum Gasteiger partial charge on any atom is 0.302 e. The zero-order chi connectivity index (χ0) is 32.2. The van der Waals surface area contributed by atoms with Crippen molar-refractivity contribution in [1.82, 2.24) is 0 Å². The van der Waals surface area contributed by atoms with Crippen LogP contribution in [-0.4, -0.2) is 29.5 Å². The molecule has 5 heteroatoms. The first kappa shape index (κ1) is 49.3. The Hall–Kier alpha value is -1.39. The molecule has 0 fully saturated rings. The second-order valence-corrected chi connectivity index (χ2v) is 10.0. The number of unbranched alkanes of at least 4 members (excludes halogenated alkanes) is 12. The van der Waals surface area contributed by atoms with Gasteiger partial charge in [0.05, 0.1) is 6.61 Å². The topological polar surface area (TPSA) is 63.6 Å². The van der Waals surface area contributed by atoms with Gasteiger partial charge in [-0.1, -0.05) is 129 Å². The van der Waals surface area contributed by atoms with E-state index in [0.29, 0.717) is 13.2 Å². The number of aliphatic hydroxyl groups is 1. The fourth-order valence-electron chi connectivity index (χ4n) is 2.95. The zero-order valence-electron chi connectivity index (χ0n) is 28.7. The molecule has 1 N–H and O–H groups in total. The van der Waals surface area contributed by atoms with Gasteiger partial charge < -0.3 is 9.84 Å². The van der Waals surface area contributed by atoms with Gasteiger partial charge in [0.15, 0.2) is 0 Å². The molecule has 0 aliphatic rings. The predicted molar refractivity (Wildman–Crippen MR) is 185 cm³/mol. The molecule has 0 aromatic rings. The lowest BCUT2D eigenvalue weighted by atomic mass is 10.2. The van der Waals surface area contributed by atoms with Crippen LogP contribution in [0.3, 0.4) is 0 Å². The van der Waals surface area contributed by atoms with Gasteiger partial charge in [0.25, 0.3) is 0 Å². The van der Waals surface area contributed by atoms with Crippen LogP contribution >= 0.6 is 11.6 Å². The van der Waals surface area contributed by atoms with E-state index in [-0.39, 0.29) is 11.2 Å². The van der Waals surface area contributed by atoms with Crippen molar-refractivity contribution in [2.45, 2.75) is 171 Å². The highest BCUT2D eigenvalue weighted by Crippen LogP contribution is 2.02. The van der Waals surface area contributed by atoms with Gasteiger partial charge in [0.1, 0.15) is 0 Å². The van der Waals surface area contributed by atoms with E-state index in [1.54, 1.807) is 0 Å². The molecule has 0 aliphatic heterocycles. The van der Waals surface area contributed by atoms with Gasteiger partial charge in [0.2, 0.25) is 5.24 Å². The smallest absolute Gasteiger partial charge is 0.302 e. The Bertz CT molecular complexity index is 528. The Morgan fingerprint density at radius 2 is 0.829 bits per heavy atom. The summed E-state index contributed by atoms with van der Waals surface area (Å²) in [4.78, 5) is 19.6. The van der Waals surface area contributed by atoms with Crippen LogP contribution in [0.1, 0.15) is 171 Å². The summed E-state index contributed by atoms with van der Waals surface area (Å²) in [6.07, 6.45) is 35.4. The monoisotopic (exact) mass is 603 g/mol. The zero-order valence-corrected chi connectivity index (χ0v) is 29.4. The average Bonchev–Trinajstić information content (AvgIpc) is 2.95. The van der Waals surface area contributed by atoms with Gasteiger partial charge in [-0.15, -0.1) is 0 Å². The van der Waals surface area contributed by atoms with Crippen LogP contribution in [0.5, 0.6) is 0 Å². The molecule has 0 heterocycles. The molecule has 0 aromatic carbocycles. The molecule has 0 saturated carbocycles. The van der Waals surface area contributed by atoms with Crippen molar-refractivity contribution in [1.29, 1.82) is 0 Å². The summed E-state index contributed by atoms with van der Waals surface area (Å²) in [5.41, 5.74) is 0. The summed E-state index contributed by atoms with van der Waals surface area (Å²) in [7, 11) is 0. The first-order chi connectivity index (χ1) is 19.8. The number of hydrogen-bond donors (Lipinski definition) is 1. The second kappa shape index (κ2) is 54.7. The van der Waals surface area contributed by atoms with Gasteiger partial charge in [-0.3, -0.25) is 9.59 Å². The van der Waals surface area contributed by atoms with Crippen molar-refractivity contribution >= 4 is 22.8 Å². The Balaban J connectivity index is -0.000000145. The van der Waals surface area contributed by atoms with Crippen LogP contribution in [0, 0.1) is 0 Å². The number of halogens is 1. The van der Waals surface area contributed by atoms with E-state index < -0.39 is 0 Å². The molecular formula is C36H71ClO4. The van der Waals surface area contributed by atoms with Crippen LogP contribution < -0.4 is 0 Å². The Kier molecular flexibility index (Phi) is 65.7. The highest BCUT2D eigenvalue weighted by atomic mass is 35.5. The third kappa shape index (κ3) is 85.4. The second-order valence-electron chi connectivity index (χ2n) is 9.51. The molecule has 0 unspecified atom stereocenters. The third-order valence-corrected chi connectivity index (χ3v) is 5.25. The van der Waals surface area contributed by atoms with E-state index in [4.69, 9.17) is 9.84 Å². The van der Waals surface area contributed by atoms with Gasteiger partial charge in [0, 0.05) is 20.5 Å². The van der Waals surface area contributed by atoms with Gasteiger partial charge in [-0.05, 0) is 75.8 Å². The lowest BCUT2D eigenvalue weighted by Crippen LogP contribution is -1.99. The van der Waals surface area contributed by atoms with Crippen LogP contribution in [0.4, 0.5) is 0 Å². The third-order valence-electron chi connectivity index (χ3n) is 5.25. The number of carbonyl (C=O) groups is 2. The molecule has 246 valence electrons. The van der Waals surface area contributed by atoms with Crippen LogP contribution in [-0.2, 0) is 14.3 Å². The summed E-state index contributed by atoms with van der Waals surface area (Å²) in [6, 6.07) is 0. The molecule has 0 spiro atoms. The Morgan fingerprint density at radius 3 is 1.07 bits per heavy atom. The minimum Gasteiger partial charge on any atom is -0.466 e. The lowest BCUT2D eigenvalue weighted by molar-refractivity contribution is -0.141. The molecule has 0 amide bonds. The largest absolute Gasteiger partial charge is 0.466 e. The van der Waals surface area contributed by atoms with Crippen LogP contribution in [0.25, 0.3) is 0 Å². The molecular weight excluding hydrogens is 532 g/mol. The standard InChI is InChI=1S/C12H22O2.C10H20O.C10H20.C2H3ClO.C2H6/c1-3-4-5-6-7-8-9-10-11-14-12(2)13;1-2-3-4-5-6-7-8-9-10-11;1-3-5-7-9-10-8-6-4-2;1-2(3)4;1-2/h6-7H,3-5,8-11H2,1-2H3;5-6,11H,2-4,7-10H2,1H3;9-10H,3-8H2,1-2H3;1H3;1-2H3/b7-6+;6-5+;10-9+;;. The summed E-state index contributed by atoms with van der Waals surface area (Å²) < 4.78 is 4.82. The summed E-state index contributed by atoms with van der Waals surface area (Å²) in [6.45, 7) is 16.5. The number of esters is 1. The van der Waals surface area contributed by atoms with Crippen LogP contribution in [0.2, 0.25) is 0 Å². The number of hydrogen-bond acceptors (Lipinski definition) is 4. The molecule has 4 nitrogen and oxygen atoms in total. The molecule has 0 saturated heterocycles. The van der Waals surface area contributed by atoms with Gasteiger partial charge in [-0.25, -0.2) is 0 Å². The van der Waals surface area contributed by atoms with Gasteiger partial charge >= 0.3 is 5.97 Å². The van der Waals surface area contributed by atoms with Crippen molar-refractivity contribution in [2.75, 3.05) is 13.2 Å². The number of aliphatic hydroxyl groups excluding tert-OH is 1. The summed E-state index contributed by atoms with van der Waals surface area (Å²) in [5, 5.41) is 8.12. The fourth-order valence-corrected chi connectivity index (χ4v) is 2.95. The minimum atomic E-state index is -0.361. The average molecular weight is 603 g/mol. The van der Waals surface area contributed by atoms with Crippen molar-refractivity contribution < 1.29 is 19.4 Å². The van der Waals surface area contributed by atoms with E-state index in [1.807, 2.05) is 13.8 Å². The highest BCUT2D eigenvalue weighted by molar-refractivity contribution is 6.62. The highest BCUT2D eigenvalue weighted by Gasteiger charge is 1.91. The Labute approximate surface area is 262 Å². The number of rotatable bonds is 21. The normalized spacial score (nSPS) is 10.1. The molecule has 0 aliphatic carbocycles. The van der Waals surface area contributed by atoms with Crippen molar-refractivity contribution in [3.8, 4) is 0 Å². The molecule has 0 aromatic heterocycles. The molecule has 0 atom stereocenters. The maximum atomic E-state index is 10.4. The van der Waals surface area contributed by atoms with Gasteiger partial charge in [-0.2, -0.15) is 0 Å². The molecule has 0 bridgehead atoms. The van der Waals surface area contributed by atoms with Crippen molar-refractivity contribution in [3.05, 3.63) is 36.5 Å². The minimum absolute atomic E-state index is 0.177. The number of carbonyl (C=O) groups excluding carboxylic acids is 2. The summed E-state index contributed by atoms with van der Waals surface area (Å²) >= 11 is 4.64. The summed E-state index contributed by atoms with van der Waals surface area (Å²) in [5.74, 6) is -0.177. The fraction of sp³-hybridized carbons (Fsp3) is 0.778. The van der Waals surface area contributed by atoms with E-state index in [0.717, 1.165) is 38.5 Å².